The van der Waals surface area contributed by atoms with Crippen LogP contribution in [0, 0.1) is 0 Å². The van der Waals surface area contributed by atoms with Gasteiger partial charge in [-0.15, -0.1) is 0 Å². The van der Waals surface area contributed by atoms with Gasteiger partial charge in [-0.25, -0.2) is 18.2 Å². The van der Waals surface area contributed by atoms with Crippen LogP contribution in [0.4, 0.5) is 5.69 Å². The number of nitrogens with one attached hydrogen (secondary N) is 1. The molecule has 1 aromatic heterocycles. The Bertz CT molecular complexity index is 973. The van der Waals surface area contributed by atoms with E-state index in [1.807, 2.05) is 0 Å². The Morgan fingerprint density at radius 1 is 1.14 bits per heavy atom. The molecular formula is C18H18ClN3O5S. The van der Waals surface area contributed by atoms with Gasteiger partial charge in [-0.05, 0) is 49.2 Å². The van der Waals surface area contributed by atoms with Crippen LogP contribution < -0.4 is 5.32 Å². The SMILES string of the molecule is O=C(COC(=O)c1cccnc1Cl)Nc1ccc(S(=O)(=O)N2CCCC2)cc1. The van der Waals surface area contributed by atoms with Gasteiger partial charge in [0.25, 0.3) is 5.91 Å². The zero-order chi connectivity index (χ0) is 20.1. The van der Waals surface area contributed by atoms with Crippen LogP contribution in [-0.2, 0) is 19.6 Å². The molecule has 10 heteroatoms. The number of nitrogens with zero attached hydrogens (tertiary/aromatic N) is 2. The third-order valence-corrected chi connectivity index (χ3v) is 6.37. The molecule has 8 nitrogen and oxygen atoms in total. The van der Waals surface area contributed by atoms with Gasteiger partial charge in [-0.2, -0.15) is 4.31 Å². The summed E-state index contributed by atoms with van der Waals surface area (Å²) in [5, 5.41) is 2.53. The van der Waals surface area contributed by atoms with Crippen LogP contribution in [0.1, 0.15) is 23.2 Å². The lowest BCUT2D eigenvalue weighted by molar-refractivity contribution is -0.119. The number of ether oxygens (including phenoxy) is 1. The quantitative estimate of drug-likeness (QED) is 0.564. The summed E-state index contributed by atoms with van der Waals surface area (Å²) in [6.07, 6.45) is 3.14. The number of rotatable bonds is 6. The highest BCUT2D eigenvalue weighted by atomic mass is 35.5. The first-order valence-corrected chi connectivity index (χ1v) is 10.4. The number of halogens is 1. The third kappa shape index (κ3) is 4.67. The molecular weight excluding hydrogens is 406 g/mol. The highest BCUT2D eigenvalue weighted by Crippen LogP contribution is 2.22. The summed E-state index contributed by atoms with van der Waals surface area (Å²) in [5.41, 5.74) is 0.453. The lowest BCUT2D eigenvalue weighted by Gasteiger charge is -2.15. The fourth-order valence-electron chi connectivity index (χ4n) is 2.73. The molecule has 1 aromatic carbocycles. The first-order valence-electron chi connectivity index (χ1n) is 8.55. The third-order valence-electron chi connectivity index (χ3n) is 4.15. The molecule has 0 atom stereocenters. The first kappa shape index (κ1) is 20.2. The molecule has 148 valence electrons. The van der Waals surface area contributed by atoms with Gasteiger partial charge in [-0.1, -0.05) is 11.6 Å². The summed E-state index contributed by atoms with van der Waals surface area (Å²) in [5.74, 6) is -1.33. The van der Waals surface area contributed by atoms with Crippen molar-refractivity contribution in [1.82, 2.24) is 9.29 Å². The van der Waals surface area contributed by atoms with Crippen molar-refractivity contribution < 1.29 is 22.7 Å². The predicted molar refractivity (Wildman–Crippen MR) is 103 cm³/mol. The fourth-order valence-corrected chi connectivity index (χ4v) is 4.45. The minimum absolute atomic E-state index is 0.0114. The Morgan fingerprint density at radius 2 is 1.82 bits per heavy atom. The van der Waals surface area contributed by atoms with Crippen LogP contribution in [0.25, 0.3) is 0 Å². The average molecular weight is 424 g/mol. The Labute approximate surface area is 167 Å². The van der Waals surface area contributed by atoms with E-state index in [1.165, 1.54) is 46.9 Å². The van der Waals surface area contributed by atoms with E-state index in [0.29, 0.717) is 18.8 Å². The van der Waals surface area contributed by atoms with Gasteiger partial charge < -0.3 is 10.1 Å². The molecule has 1 amide bonds. The van der Waals surface area contributed by atoms with E-state index in [4.69, 9.17) is 16.3 Å². The second-order valence-electron chi connectivity index (χ2n) is 6.10. The number of pyridine rings is 1. The molecule has 1 saturated heterocycles. The Morgan fingerprint density at radius 3 is 2.46 bits per heavy atom. The van der Waals surface area contributed by atoms with Gasteiger partial charge in [-0.3, -0.25) is 4.79 Å². The molecule has 1 aliphatic heterocycles. The number of aromatic nitrogens is 1. The van der Waals surface area contributed by atoms with Crippen LogP contribution in [0.15, 0.2) is 47.5 Å². The maximum absolute atomic E-state index is 12.5. The van der Waals surface area contributed by atoms with Crippen LogP contribution in [0.5, 0.6) is 0 Å². The second kappa shape index (κ2) is 8.68. The summed E-state index contributed by atoms with van der Waals surface area (Å²) in [4.78, 5) is 27.8. The smallest absolute Gasteiger partial charge is 0.341 e. The summed E-state index contributed by atoms with van der Waals surface area (Å²) in [7, 11) is -3.51. The molecule has 1 N–H and O–H groups in total. The van der Waals surface area contributed by atoms with Crippen molar-refractivity contribution in [3.05, 3.63) is 53.3 Å². The van der Waals surface area contributed by atoms with E-state index in [2.05, 4.69) is 10.3 Å². The number of benzene rings is 1. The molecule has 0 bridgehead atoms. The number of esters is 1. The van der Waals surface area contributed by atoms with Crippen LogP contribution in [0.2, 0.25) is 5.15 Å². The summed E-state index contributed by atoms with van der Waals surface area (Å²) in [6.45, 7) is 0.526. The Hall–Kier alpha value is -2.49. The standard InChI is InChI=1S/C18H18ClN3O5S/c19-17-15(4-3-9-20-17)18(24)27-12-16(23)21-13-5-7-14(8-6-13)28(25,26)22-10-1-2-11-22/h3-9H,1-2,10-12H2,(H,21,23). The monoisotopic (exact) mass is 423 g/mol. The second-order valence-corrected chi connectivity index (χ2v) is 8.40. The molecule has 0 aliphatic carbocycles. The van der Waals surface area contributed by atoms with Crippen molar-refractivity contribution in [3.63, 3.8) is 0 Å². The molecule has 1 aliphatic rings. The van der Waals surface area contributed by atoms with Gasteiger partial charge in [0.15, 0.2) is 6.61 Å². The Kier molecular flexibility index (Phi) is 6.28. The zero-order valence-corrected chi connectivity index (χ0v) is 16.4. The van der Waals surface area contributed by atoms with Crippen LogP contribution in [0.3, 0.4) is 0 Å². The van der Waals surface area contributed by atoms with Crippen molar-refractivity contribution in [2.75, 3.05) is 25.0 Å². The number of hydrogen-bond acceptors (Lipinski definition) is 6. The van der Waals surface area contributed by atoms with E-state index >= 15 is 0 Å². The summed E-state index contributed by atoms with van der Waals surface area (Å²) < 4.78 is 31.3. The number of anilines is 1. The summed E-state index contributed by atoms with van der Waals surface area (Å²) in [6, 6.07) is 8.81. The molecule has 0 spiro atoms. The maximum atomic E-state index is 12.5. The molecule has 2 heterocycles. The van der Waals surface area contributed by atoms with E-state index in [1.54, 1.807) is 0 Å². The van der Waals surface area contributed by atoms with Gasteiger partial charge in [0, 0.05) is 25.0 Å². The molecule has 28 heavy (non-hydrogen) atoms. The molecule has 0 saturated carbocycles. The minimum Gasteiger partial charge on any atom is -0.452 e. The van der Waals surface area contributed by atoms with E-state index < -0.39 is 28.5 Å². The number of amides is 1. The van der Waals surface area contributed by atoms with Crippen molar-refractivity contribution >= 4 is 39.2 Å². The number of sulfonamides is 1. The van der Waals surface area contributed by atoms with Crippen LogP contribution >= 0.6 is 11.6 Å². The predicted octanol–water partition coefficient (Wildman–Crippen LogP) is 2.32. The minimum atomic E-state index is -3.51. The molecule has 1 fully saturated rings. The van der Waals surface area contributed by atoms with Gasteiger partial charge in [0.2, 0.25) is 10.0 Å². The van der Waals surface area contributed by atoms with Gasteiger partial charge in [0.1, 0.15) is 5.15 Å². The van der Waals surface area contributed by atoms with Gasteiger partial charge >= 0.3 is 5.97 Å². The topological polar surface area (TPSA) is 106 Å². The number of carbonyl (C=O) groups is 2. The highest BCUT2D eigenvalue weighted by molar-refractivity contribution is 7.89. The van der Waals surface area contributed by atoms with E-state index in [-0.39, 0.29) is 15.6 Å². The number of carbonyl (C=O) groups excluding carboxylic acids is 2. The van der Waals surface area contributed by atoms with Crippen LogP contribution in [-0.4, -0.2) is 49.3 Å². The molecule has 0 unspecified atom stereocenters. The largest absolute Gasteiger partial charge is 0.452 e. The van der Waals surface area contributed by atoms with Crippen molar-refractivity contribution in [1.29, 1.82) is 0 Å². The number of hydrogen-bond donors (Lipinski definition) is 1. The average Bonchev–Trinajstić information content (AvgIpc) is 3.23. The van der Waals surface area contributed by atoms with E-state index in [9.17, 15) is 18.0 Å². The summed E-state index contributed by atoms with van der Waals surface area (Å²) >= 11 is 5.80. The molecule has 3 rings (SSSR count). The Balaban J connectivity index is 1.56. The molecule has 2 aromatic rings. The van der Waals surface area contributed by atoms with Crippen molar-refractivity contribution in [2.45, 2.75) is 17.7 Å². The van der Waals surface area contributed by atoms with Gasteiger partial charge in [0.05, 0.1) is 10.5 Å². The van der Waals surface area contributed by atoms with Crippen molar-refractivity contribution in [3.8, 4) is 0 Å². The lowest BCUT2D eigenvalue weighted by Crippen LogP contribution is -2.27. The normalized spacial score (nSPS) is 14.6. The maximum Gasteiger partial charge on any atom is 0.341 e. The van der Waals surface area contributed by atoms with Crippen molar-refractivity contribution in [2.24, 2.45) is 0 Å². The highest BCUT2D eigenvalue weighted by Gasteiger charge is 2.27. The first-order chi connectivity index (χ1) is 13.4. The van der Waals surface area contributed by atoms with E-state index in [0.717, 1.165) is 12.8 Å². The fraction of sp³-hybridized carbons (Fsp3) is 0.278. The zero-order valence-electron chi connectivity index (χ0n) is 14.8. The lowest BCUT2D eigenvalue weighted by atomic mass is 10.3. The molecule has 0 radical (unpaired) electrons.